The summed E-state index contributed by atoms with van der Waals surface area (Å²) in [7, 11) is 0. The van der Waals surface area contributed by atoms with Gasteiger partial charge in [-0.1, -0.05) is 35.9 Å². The highest BCUT2D eigenvalue weighted by Gasteiger charge is 2.15. The third-order valence-electron chi connectivity index (χ3n) is 4.91. The van der Waals surface area contributed by atoms with E-state index in [1.54, 1.807) is 23.5 Å². The van der Waals surface area contributed by atoms with E-state index in [0.29, 0.717) is 29.6 Å². The monoisotopic (exact) mass is 443 g/mol. The average molecular weight is 444 g/mol. The van der Waals surface area contributed by atoms with Crippen LogP contribution >= 0.6 is 11.6 Å². The Labute approximate surface area is 191 Å². The molecule has 0 saturated carbocycles. The lowest BCUT2D eigenvalue weighted by molar-refractivity contribution is -0.107. The van der Waals surface area contributed by atoms with Gasteiger partial charge in [0.05, 0.1) is 17.9 Å². The lowest BCUT2D eigenvalue weighted by Crippen LogP contribution is -2.23. The first-order valence-corrected chi connectivity index (χ1v) is 10.6. The van der Waals surface area contributed by atoms with Crippen molar-refractivity contribution in [3.63, 3.8) is 0 Å². The van der Waals surface area contributed by atoms with Crippen LogP contribution in [0.5, 0.6) is 0 Å². The molecule has 0 radical (unpaired) electrons. The van der Waals surface area contributed by atoms with E-state index in [-0.39, 0.29) is 0 Å². The van der Waals surface area contributed by atoms with E-state index in [1.807, 2.05) is 66.7 Å². The number of carbonyl (C=O) groups excluding carboxylic acids is 1. The summed E-state index contributed by atoms with van der Waals surface area (Å²) in [6, 6.07) is 21.0. The van der Waals surface area contributed by atoms with E-state index < -0.39 is 0 Å². The Morgan fingerprint density at radius 2 is 1.94 bits per heavy atom. The van der Waals surface area contributed by atoms with Crippen molar-refractivity contribution in [1.82, 2.24) is 15.0 Å². The molecule has 4 aromatic rings. The Kier molecular flexibility index (Phi) is 7.05. The largest absolute Gasteiger partial charge is 0.368 e. The zero-order valence-corrected chi connectivity index (χ0v) is 18.1. The second-order valence-corrected chi connectivity index (χ2v) is 7.60. The number of pyridine rings is 3. The minimum absolute atomic E-state index is 0.393. The van der Waals surface area contributed by atoms with E-state index in [0.717, 1.165) is 35.3 Å². The molecule has 0 aliphatic heterocycles. The van der Waals surface area contributed by atoms with Crippen molar-refractivity contribution >= 4 is 29.5 Å². The van der Waals surface area contributed by atoms with E-state index in [2.05, 4.69) is 15.3 Å². The number of halogens is 1. The van der Waals surface area contributed by atoms with Crippen molar-refractivity contribution in [2.45, 2.75) is 13.0 Å². The van der Waals surface area contributed by atoms with Crippen molar-refractivity contribution < 1.29 is 4.79 Å². The first-order valence-electron chi connectivity index (χ1n) is 10.2. The highest BCUT2D eigenvalue weighted by atomic mass is 35.5. The van der Waals surface area contributed by atoms with E-state index in [9.17, 15) is 4.79 Å². The van der Waals surface area contributed by atoms with Gasteiger partial charge in [-0.2, -0.15) is 0 Å². The maximum Gasteiger partial charge on any atom is 0.214 e. The molecule has 0 bridgehead atoms. The predicted molar refractivity (Wildman–Crippen MR) is 128 cm³/mol. The molecule has 0 spiro atoms. The Morgan fingerprint density at radius 1 is 1.00 bits per heavy atom. The first kappa shape index (κ1) is 21.5. The van der Waals surface area contributed by atoms with Crippen LogP contribution in [-0.4, -0.2) is 27.9 Å². The normalized spacial score (nSPS) is 10.5. The van der Waals surface area contributed by atoms with Gasteiger partial charge in [0.1, 0.15) is 0 Å². The maximum atomic E-state index is 12.0. The molecule has 0 atom stereocenters. The van der Waals surface area contributed by atoms with Crippen LogP contribution in [0.25, 0.3) is 11.3 Å². The third-order valence-corrected chi connectivity index (χ3v) is 5.14. The van der Waals surface area contributed by atoms with E-state index in [4.69, 9.17) is 16.6 Å². The quantitative estimate of drug-likeness (QED) is 0.368. The fraction of sp³-hybridized carbons (Fsp3) is 0.120. The van der Waals surface area contributed by atoms with Crippen molar-refractivity contribution in [2.75, 3.05) is 16.8 Å². The van der Waals surface area contributed by atoms with Crippen LogP contribution in [0, 0.1) is 0 Å². The molecule has 0 unspecified atom stereocenters. The molecule has 1 amide bonds. The molecule has 0 aliphatic rings. The number of nitrogens with zero attached hydrogens (tertiary/aromatic N) is 4. The van der Waals surface area contributed by atoms with Gasteiger partial charge in [-0.05, 0) is 48.0 Å². The number of hydrogen-bond acceptors (Lipinski definition) is 5. The zero-order valence-electron chi connectivity index (χ0n) is 17.4. The molecule has 0 saturated heterocycles. The summed E-state index contributed by atoms with van der Waals surface area (Å²) >= 11 is 6.17. The summed E-state index contributed by atoms with van der Waals surface area (Å²) in [5.41, 5.74) is 4.27. The number of benzene rings is 1. The van der Waals surface area contributed by atoms with Crippen LogP contribution in [-0.2, 0) is 17.8 Å². The number of carbonyl (C=O) groups is 1. The van der Waals surface area contributed by atoms with Gasteiger partial charge in [0.15, 0.2) is 5.82 Å². The van der Waals surface area contributed by atoms with Gasteiger partial charge in [0, 0.05) is 47.8 Å². The number of anilines is 2. The van der Waals surface area contributed by atoms with Crippen molar-refractivity contribution in [2.24, 2.45) is 0 Å². The number of aromatic nitrogens is 3. The minimum Gasteiger partial charge on any atom is -0.368 e. The summed E-state index contributed by atoms with van der Waals surface area (Å²) in [5.74, 6) is 0.620. The van der Waals surface area contributed by atoms with Gasteiger partial charge in [0.2, 0.25) is 6.41 Å². The average Bonchev–Trinajstić information content (AvgIpc) is 2.84. The summed E-state index contributed by atoms with van der Waals surface area (Å²) in [6.45, 7) is 1.01. The molecule has 0 aliphatic carbocycles. The van der Waals surface area contributed by atoms with E-state index >= 15 is 0 Å². The summed E-state index contributed by atoms with van der Waals surface area (Å²) < 4.78 is 0. The second-order valence-electron chi connectivity index (χ2n) is 7.17. The molecular formula is C25H22ClN5O. The molecule has 32 heavy (non-hydrogen) atoms. The van der Waals surface area contributed by atoms with Gasteiger partial charge >= 0.3 is 0 Å². The summed E-state index contributed by atoms with van der Waals surface area (Å²) in [5, 5.41) is 4.03. The molecule has 1 aromatic carbocycles. The van der Waals surface area contributed by atoms with E-state index in [1.165, 1.54) is 0 Å². The third kappa shape index (κ3) is 5.47. The van der Waals surface area contributed by atoms with Gasteiger partial charge in [-0.25, -0.2) is 4.98 Å². The molecule has 0 fully saturated rings. The SMILES string of the molecule is O=CN(Cc1cccnc1)c1ccc(-c2cccc(Cl)c2)nc1NCCc1ccccn1. The second kappa shape index (κ2) is 10.5. The Hall–Kier alpha value is -3.77. The lowest BCUT2D eigenvalue weighted by atomic mass is 10.1. The molecule has 7 heteroatoms. The summed E-state index contributed by atoms with van der Waals surface area (Å²) in [6.07, 6.45) is 6.78. The van der Waals surface area contributed by atoms with Crippen LogP contribution in [0.15, 0.2) is 85.3 Å². The van der Waals surface area contributed by atoms with Gasteiger partial charge < -0.3 is 10.2 Å². The molecule has 6 nitrogen and oxygen atoms in total. The minimum atomic E-state index is 0.393. The van der Waals surface area contributed by atoms with Crippen LogP contribution in [0.2, 0.25) is 5.02 Å². The Bertz CT molecular complexity index is 1170. The highest BCUT2D eigenvalue weighted by Crippen LogP contribution is 2.29. The maximum absolute atomic E-state index is 12.0. The standard InChI is InChI=1S/C25H22ClN5O/c26-21-7-3-6-20(15-21)23-9-10-24(31(18-32)17-19-5-4-12-27-16-19)25(30-23)29-14-11-22-8-1-2-13-28-22/h1-10,12-13,15-16,18H,11,14,17H2,(H,29,30). The van der Waals surface area contributed by atoms with Gasteiger partial charge in [0.25, 0.3) is 0 Å². The number of rotatable bonds is 9. The Balaban J connectivity index is 1.63. The Morgan fingerprint density at radius 3 is 2.69 bits per heavy atom. The molecule has 4 rings (SSSR count). The number of amides is 1. The van der Waals surface area contributed by atoms with Crippen LogP contribution in [0.4, 0.5) is 11.5 Å². The molecule has 3 aromatic heterocycles. The predicted octanol–water partition coefficient (Wildman–Crippen LogP) is 5.01. The highest BCUT2D eigenvalue weighted by molar-refractivity contribution is 6.30. The number of nitrogens with one attached hydrogen (secondary N) is 1. The molecular weight excluding hydrogens is 422 g/mol. The van der Waals surface area contributed by atoms with Crippen molar-refractivity contribution in [1.29, 1.82) is 0 Å². The van der Waals surface area contributed by atoms with Gasteiger partial charge in [-0.15, -0.1) is 0 Å². The molecule has 3 heterocycles. The fourth-order valence-electron chi connectivity index (χ4n) is 3.34. The van der Waals surface area contributed by atoms with Crippen molar-refractivity contribution in [3.8, 4) is 11.3 Å². The molecule has 1 N–H and O–H groups in total. The topological polar surface area (TPSA) is 71.0 Å². The van der Waals surface area contributed by atoms with Crippen LogP contribution in [0.1, 0.15) is 11.3 Å². The van der Waals surface area contributed by atoms with Gasteiger partial charge in [-0.3, -0.25) is 14.8 Å². The van der Waals surface area contributed by atoms with Crippen LogP contribution < -0.4 is 10.2 Å². The zero-order chi connectivity index (χ0) is 22.2. The van der Waals surface area contributed by atoms with Crippen molar-refractivity contribution in [3.05, 3.63) is 102 Å². The smallest absolute Gasteiger partial charge is 0.214 e. The van der Waals surface area contributed by atoms with Crippen LogP contribution in [0.3, 0.4) is 0 Å². The first-order chi connectivity index (χ1) is 15.7. The lowest BCUT2D eigenvalue weighted by Gasteiger charge is -2.21. The number of hydrogen-bond donors (Lipinski definition) is 1. The molecule has 160 valence electrons. The summed E-state index contributed by atoms with van der Waals surface area (Å²) in [4.78, 5) is 26.9. The fourth-order valence-corrected chi connectivity index (χ4v) is 3.54.